The van der Waals surface area contributed by atoms with Gasteiger partial charge in [0, 0.05) is 28.2 Å². The predicted octanol–water partition coefficient (Wildman–Crippen LogP) is 3.28. The number of nitrogens with one attached hydrogen (secondary N) is 1. The van der Waals surface area contributed by atoms with Crippen LogP contribution >= 0.6 is 0 Å². The monoisotopic (exact) mass is 241 g/mol. The average molecular weight is 241 g/mol. The molecule has 0 atom stereocenters. The van der Waals surface area contributed by atoms with Crippen LogP contribution in [0.25, 0.3) is 22.2 Å². The highest BCUT2D eigenvalue weighted by atomic mass is 16.5. The maximum atomic E-state index is 5.60. The minimum absolute atomic E-state index is 0.338. The molecule has 0 aliphatic carbocycles. The van der Waals surface area contributed by atoms with E-state index in [0.29, 0.717) is 5.88 Å². The SMILES string of the molecule is CCc1cccc2c(-c3cc(N)on3)c(C)[nH]c12. The maximum Gasteiger partial charge on any atom is 0.222 e. The quantitative estimate of drug-likeness (QED) is 0.723. The second-order valence-electron chi connectivity index (χ2n) is 4.43. The number of hydrogen-bond acceptors (Lipinski definition) is 3. The molecule has 3 rings (SSSR count). The van der Waals surface area contributed by atoms with Gasteiger partial charge in [0.25, 0.3) is 0 Å². The number of nitrogens with zero attached hydrogens (tertiary/aromatic N) is 1. The zero-order valence-corrected chi connectivity index (χ0v) is 10.4. The van der Waals surface area contributed by atoms with Crippen molar-refractivity contribution in [2.45, 2.75) is 20.3 Å². The van der Waals surface area contributed by atoms with E-state index in [-0.39, 0.29) is 0 Å². The van der Waals surface area contributed by atoms with E-state index in [4.69, 9.17) is 10.3 Å². The van der Waals surface area contributed by atoms with Gasteiger partial charge in [-0.25, -0.2) is 0 Å². The third-order valence-corrected chi connectivity index (χ3v) is 3.27. The van der Waals surface area contributed by atoms with Crippen LogP contribution in [0.5, 0.6) is 0 Å². The number of hydrogen-bond donors (Lipinski definition) is 2. The van der Waals surface area contributed by atoms with Crippen LogP contribution in [-0.2, 0) is 6.42 Å². The van der Waals surface area contributed by atoms with Gasteiger partial charge >= 0.3 is 0 Å². The van der Waals surface area contributed by atoms with E-state index in [9.17, 15) is 0 Å². The van der Waals surface area contributed by atoms with E-state index >= 15 is 0 Å². The molecule has 18 heavy (non-hydrogen) atoms. The summed E-state index contributed by atoms with van der Waals surface area (Å²) in [5, 5.41) is 5.17. The number of nitrogens with two attached hydrogens (primary N) is 1. The Morgan fingerprint density at radius 3 is 2.89 bits per heavy atom. The van der Waals surface area contributed by atoms with Crippen molar-refractivity contribution in [1.82, 2.24) is 10.1 Å². The lowest BCUT2D eigenvalue weighted by Crippen LogP contribution is -1.81. The molecule has 3 N–H and O–H groups in total. The predicted molar refractivity (Wildman–Crippen MR) is 72.3 cm³/mol. The molecule has 0 saturated carbocycles. The van der Waals surface area contributed by atoms with Crippen molar-refractivity contribution in [3.8, 4) is 11.3 Å². The Labute approximate surface area is 105 Å². The van der Waals surface area contributed by atoms with Gasteiger partial charge in [0.2, 0.25) is 5.88 Å². The number of anilines is 1. The number of benzene rings is 1. The summed E-state index contributed by atoms with van der Waals surface area (Å²) < 4.78 is 4.96. The van der Waals surface area contributed by atoms with Crippen molar-refractivity contribution in [2.24, 2.45) is 0 Å². The van der Waals surface area contributed by atoms with E-state index in [1.807, 2.05) is 6.92 Å². The minimum atomic E-state index is 0.338. The van der Waals surface area contributed by atoms with Crippen LogP contribution in [0.2, 0.25) is 0 Å². The highest BCUT2D eigenvalue weighted by molar-refractivity contribution is 5.98. The van der Waals surface area contributed by atoms with E-state index in [0.717, 1.165) is 23.4 Å². The first-order valence-corrected chi connectivity index (χ1v) is 6.03. The van der Waals surface area contributed by atoms with Crippen molar-refractivity contribution >= 4 is 16.8 Å². The zero-order chi connectivity index (χ0) is 12.7. The van der Waals surface area contributed by atoms with Gasteiger partial charge in [0.1, 0.15) is 5.69 Å². The lowest BCUT2D eigenvalue weighted by Gasteiger charge is -1.99. The fraction of sp³-hybridized carbons (Fsp3) is 0.214. The summed E-state index contributed by atoms with van der Waals surface area (Å²) in [6.07, 6.45) is 0.998. The fourth-order valence-electron chi connectivity index (χ4n) is 2.44. The summed E-state index contributed by atoms with van der Waals surface area (Å²) in [4.78, 5) is 3.43. The smallest absolute Gasteiger partial charge is 0.222 e. The summed E-state index contributed by atoms with van der Waals surface area (Å²) in [6, 6.07) is 8.06. The molecule has 92 valence electrons. The topological polar surface area (TPSA) is 67.8 Å². The van der Waals surface area contributed by atoms with Crippen LogP contribution in [0.3, 0.4) is 0 Å². The summed E-state index contributed by atoms with van der Waals surface area (Å²) in [7, 11) is 0. The normalized spacial score (nSPS) is 11.2. The first-order chi connectivity index (χ1) is 8.70. The lowest BCUT2D eigenvalue weighted by molar-refractivity contribution is 0.439. The number of fused-ring (bicyclic) bond motifs is 1. The Kier molecular flexibility index (Phi) is 2.37. The van der Waals surface area contributed by atoms with Crippen LogP contribution in [0.4, 0.5) is 5.88 Å². The number of para-hydroxylation sites is 1. The molecular formula is C14H15N3O. The molecule has 4 heteroatoms. The van der Waals surface area contributed by atoms with Crippen molar-refractivity contribution < 1.29 is 4.52 Å². The van der Waals surface area contributed by atoms with E-state index < -0.39 is 0 Å². The molecule has 1 aromatic carbocycles. The summed E-state index contributed by atoms with van der Waals surface area (Å²) in [5.74, 6) is 0.338. The summed E-state index contributed by atoms with van der Waals surface area (Å²) >= 11 is 0. The lowest BCUT2D eigenvalue weighted by atomic mass is 10.0. The van der Waals surface area contributed by atoms with E-state index in [2.05, 4.69) is 35.3 Å². The minimum Gasteiger partial charge on any atom is -0.368 e. The van der Waals surface area contributed by atoms with Crippen LogP contribution < -0.4 is 5.73 Å². The molecule has 0 unspecified atom stereocenters. The van der Waals surface area contributed by atoms with Crippen molar-refractivity contribution in [2.75, 3.05) is 5.73 Å². The first kappa shape index (κ1) is 10.9. The number of rotatable bonds is 2. The van der Waals surface area contributed by atoms with E-state index in [1.54, 1.807) is 6.07 Å². The molecule has 0 saturated heterocycles. The number of aryl methyl sites for hydroxylation is 2. The van der Waals surface area contributed by atoms with E-state index in [1.165, 1.54) is 16.5 Å². The Balaban J connectivity index is 2.33. The molecule has 0 aliphatic heterocycles. The van der Waals surface area contributed by atoms with Crippen molar-refractivity contribution in [3.63, 3.8) is 0 Å². The largest absolute Gasteiger partial charge is 0.368 e. The molecule has 0 fully saturated rings. The molecule has 0 amide bonds. The Morgan fingerprint density at radius 2 is 2.22 bits per heavy atom. The van der Waals surface area contributed by atoms with Crippen LogP contribution in [0, 0.1) is 6.92 Å². The number of aromatic nitrogens is 2. The van der Waals surface area contributed by atoms with Crippen LogP contribution in [-0.4, -0.2) is 10.1 Å². The van der Waals surface area contributed by atoms with Crippen LogP contribution in [0.15, 0.2) is 28.8 Å². The van der Waals surface area contributed by atoms with Gasteiger partial charge in [-0.2, -0.15) is 0 Å². The molecule has 3 aromatic rings. The molecule has 0 aliphatic rings. The summed E-state index contributed by atoms with van der Waals surface area (Å²) in [6.45, 7) is 4.19. The van der Waals surface area contributed by atoms with Gasteiger partial charge in [-0.15, -0.1) is 0 Å². The van der Waals surface area contributed by atoms with Crippen molar-refractivity contribution in [3.05, 3.63) is 35.5 Å². The average Bonchev–Trinajstić information content (AvgIpc) is 2.91. The summed E-state index contributed by atoms with van der Waals surface area (Å²) in [5.41, 5.74) is 11.0. The second kappa shape index (κ2) is 3.91. The molecular weight excluding hydrogens is 226 g/mol. The third kappa shape index (κ3) is 1.49. The highest BCUT2D eigenvalue weighted by Crippen LogP contribution is 2.33. The molecule has 4 nitrogen and oxygen atoms in total. The van der Waals surface area contributed by atoms with Gasteiger partial charge in [-0.1, -0.05) is 30.3 Å². The van der Waals surface area contributed by atoms with Gasteiger partial charge < -0.3 is 15.2 Å². The highest BCUT2D eigenvalue weighted by Gasteiger charge is 2.15. The van der Waals surface area contributed by atoms with Crippen molar-refractivity contribution in [1.29, 1.82) is 0 Å². The van der Waals surface area contributed by atoms with Gasteiger partial charge in [-0.05, 0) is 18.9 Å². The molecule has 0 bridgehead atoms. The Bertz CT molecular complexity index is 709. The van der Waals surface area contributed by atoms with Crippen LogP contribution in [0.1, 0.15) is 18.2 Å². The first-order valence-electron chi connectivity index (χ1n) is 6.03. The van der Waals surface area contributed by atoms with Gasteiger partial charge in [0.15, 0.2) is 0 Å². The third-order valence-electron chi connectivity index (χ3n) is 3.27. The molecule has 2 heterocycles. The fourth-order valence-corrected chi connectivity index (χ4v) is 2.44. The van der Waals surface area contributed by atoms with Gasteiger partial charge in [-0.3, -0.25) is 0 Å². The Morgan fingerprint density at radius 1 is 1.39 bits per heavy atom. The molecule has 2 aromatic heterocycles. The number of aromatic amines is 1. The second-order valence-corrected chi connectivity index (χ2v) is 4.43. The Hall–Kier alpha value is -2.23. The molecule has 0 radical (unpaired) electrons. The standard InChI is InChI=1S/C14H15N3O/c1-3-9-5-4-6-10-13(8(2)16-14(9)10)11-7-12(15)18-17-11/h4-7,16H,3,15H2,1-2H3. The van der Waals surface area contributed by atoms with Gasteiger partial charge in [0.05, 0.1) is 0 Å². The maximum absolute atomic E-state index is 5.60. The number of nitrogen functional groups attached to an aromatic ring is 1. The zero-order valence-electron chi connectivity index (χ0n) is 10.4. The molecule has 0 spiro atoms. The number of H-pyrrole nitrogens is 1.